The van der Waals surface area contributed by atoms with E-state index in [0.29, 0.717) is 29.4 Å². The summed E-state index contributed by atoms with van der Waals surface area (Å²) in [5, 5.41) is 0. The number of nitrogens with two attached hydrogens (primary N) is 1. The van der Waals surface area contributed by atoms with E-state index in [1.54, 1.807) is 19.1 Å². The summed E-state index contributed by atoms with van der Waals surface area (Å²) in [7, 11) is 0. The summed E-state index contributed by atoms with van der Waals surface area (Å²) < 4.78 is 10.6. The van der Waals surface area contributed by atoms with Gasteiger partial charge in [0, 0.05) is 0 Å². The lowest BCUT2D eigenvalue weighted by atomic mass is 10.1. The maximum Gasteiger partial charge on any atom is 0.310 e. The Hall–Kier alpha value is -2.49. The SMILES string of the molecule is CCOC(=O)Cc1cccc(Oc2ccccc2)c1N. The smallest absolute Gasteiger partial charge is 0.310 e. The molecule has 0 amide bonds. The standard InChI is InChI=1S/C16H17NO3/c1-2-19-15(18)11-12-7-6-10-14(16(12)17)20-13-8-4-3-5-9-13/h3-10H,2,11,17H2,1H3. The van der Waals surface area contributed by atoms with E-state index in [-0.39, 0.29) is 12.4 Å². The fraction of sp³-hybridized carbons (Fsp3) is 0.188. The second kappa shape index (κ2) is 6.61. The maximum atomic E-state index is 11.5. The van der Waals surface area contributed by atoms with E-state index in [0.717, 1.165) is 0 Å². The van der Waals surface area contributed by atoms with Crippen LogP contribution in [0.3, 0.4) is 0 Å². The summed E-state index contributed by atoms with van der Waals surface area (Å²) in [6, 6.07) is 14.7. The van der Waals surface area contributed by atoms with Crippen molar-refractivity contribution in [2.45, 2.75) is 13.3 Å². The highest BCUT2D eigenvalue weighted by Gasteiger charge is 2.11. The number of para-hydroxylation sites is 2. The Morgan fingerprint density at radius 2 is 1.85 bits per heavy atom. The Bertz CT molecular complexity index is 582. The van der Waals surface area contributed by atoms with Gasteiger partial charge in [0.25, 0.3) is 0 Å². The Kier molecular flexibility index (Phi) is 4.60. The fourth-order valence-electron chi connectivity index (χ4n) is 1.82. The zero-order valence-corrected chi connectivity index (χ0v) is 11.3. The van der Waals surface area contributed by atoms with Gasteiger partial charge in [-0.25, -0.2) is 0 Å². The Balaban J connectivity index is 2.17. The van der Waals surface area contributed by atoms with E-state index >= 15 is 0 Å². The minimum atomic E-state index is -0.295. The van der Waals surface area contributed by atoms with Gasteiger partial charge in [-0.1, -0.05) is 30.3 Å². The Morgan fingerprint density at radius 3 is 2.55 bits per heavy atom. The molecule has 0 bridgehead atoms. The van der Waals surface area contributed by atoms with Crippen molar-refractivity contribution in [3.8, 4) is 11.5 Å². The molecule has 0 fully saturated rings. The molecule has 0 aliphatic rings. The fourth-order valence-corrected chi connectivity index (χ4v) is 1.82. The first kappa shape index (κ1) is 13.9. The summed E-state index contributed by atoms with van der Waals surface area (Å²) in [6.07, 6.45) is 0.145. The van der Waals surface area contributed by atoms with E-state index < -0.39 is 0 Å². The molecule has 2 rings (SSSR count). The van der Waals surface area contributed by atoms with Crippen LogP contribution in [0.4, 0.5) is 5.69 Å². The number of benzene rings is 2. The molecular weight excluding hydrogens is 254 g/mol. The number of nitrogen functional groups attached to an aromatic ring is 1. The predicted molar refractivity (Wildman–Crippen MR) is 77.7 cm³/mol. The Morgan fingerprint density at radius 1 is 1.10 bits per heavy atom. The number of ether oxygens (including phenoxy) is 2. The van der Waals surface area contributed by atoms with Crippen LogP contribution in [0, 0.1) is 0 Å². The van der Waals surface area contributed by atoms with Crippen LogP contribution in [-0.4, -0.2) is 12.6 Å². The zero-order chi connectivity index (χ0) is 14.4. The summed E-state index contributed by atoms with van der Waals surface area (Å²) in [5.74, 6) is 0.946. The maximum absolute atomic E-state index is 11.5. The van der Waals surface area contributed by atoms with E-state index in [1.807, 2.05) is 36.4 Å². The zero-order valence-electron chi connectivity index (χ0n) is 11.3. The van der Waals surface area contributed by atoms with E-state index in [2.05, 4.69) is 0 Å². The quantitative estimate of drug-likeness (QED) is 0.670. The number of carbonyl (C=O) groups is 1. The van der Waals surface area contributed by atoms with Gasteiger partial charge in [0.1, 0.15) is 5.75 Å². The van der Waals surface area contributed by atoms with Gasteiger partial charge in [-0.15, -0.1) is 0 Å². The molecule has 0 aromatic heterocycles. The van der Waals surface area contributed by atoms with Crippen molar-refractivity contribution < 1.29 is 14.3 Å². The third-order valence-corrected chi connectivity index (χ3v) is 2.77. The van der Waals surface area contributed by atoms with Crippen LogP contribution in [0.2, 0.25) is 0 Å². The molecule has 20 heavy (non-hydrogen) atoms. The molecule has 2 aromatic carbocycles. The number of anilines is 1. The summed E-state index contributed by atoms with van der Waals surface area (Å²) in [6.45, 7) is 2.13. The summed E-state index contributed by atoms with van der Waals surface area (Å²) >= 11 is 0. The van der Waals surface area contributed by atoms with E-state index in [9.17, 15) is 4.79 Å². The van der Waals surface area contributed by atoms with Gasteiger partial charge in [0.15, 0.2) is 5.75 Å². The van der Waals surface area contributed by atoms with Crippen LogP contribution in [0.1, 0.15) is 12.5 Å². The number of rotatable bonds is 5. The lowest BCUT2D eigenvalue weighted by Gasteiger charge is -2.11. The van der Waals surface area contributed by atoms with E-state index in [1.165, 1.54) is 0 Å². The van der Waals surface area contributed by atoms with Crippen LogP contribution < -0.4 is 10.5 Å². The molecule has 0 spiro atoms. The van der Waals surface area contributed by atoms with Gasteiger partial charge in [0.2, 0.25) is 0 Å². The average Bonchev–Trinajstić information content (AvgIpc) is 2.45. The highest BCUT2D eigenvalue weighted by molar-refractivity contribution is 5.76. The van der Waals surface area contributed by atoms with Gasteiger partial charge in [-0.2, -0.15) is 0 Å². The van der Waals surface area contributed by atoms with Crippen molar-refractivity contribution >= 4 is 11.7 Å². The third-order valence-electron chi connectivity index (χ3n) is 2.77. The largest absolute Gasteiger partial charge is 0.466 e. The minimum absolute atomic E-state index is 0.145. The summed E-state index contributed by atoms with van der Waals surface area (Å²) in [5.41, 5.74) is 7.21. The van der Waals surface area contributed by atoms with Gasteiger partial charge >= 0.3 is 5.97 Å². The lowest BCUT2D eigenvalue weighted by molar-refractivity contribution is -0.142. The Labute approximate surface area is 118 Å². The van der Waals surface area contributed by atoms with Crippen LogP contribution in [0.25, 0.3) is 0 Å². The molecule has 0 heterocycles. The molecule has 0 saturated heterocycles. The monoisotopic (exact) mass is 271 g/mol. The van der Waals surface area contributed by atoms with E-state index in [4.69, 9.17) is 15.2 Å². The van der Waals surface area contributed by atoms with Crippen molar-refractivity contribution in [3.05, 3.63) is 54.1 Å². The molecule has 2 N–H and O–H groups in total. The van der Waals surface area contributed by atoms with Crippen molar-refractivity contribution in [1.29, 1.82) is 0 Å². The molecule has 0 unspecified atom stereocenters. The molecule has 0 saturated carbocycles. The molecule has 2 aromatic rings. The van der Waals surface area contributed by atoms with Crippen molar-refractivity contribution in [2.75, 3.05) is 12.3 Å². The van der Waals surface area contributed by atoms with Gasteiger partial charge in [0.05, 0.1) is 18.7 Å². The lowest BCUT2D eigenvalue weighted by Crippen LogP contribution is -2.09. The third kappa shape index (κ3) is 3.51. The molecule has 0 aliphatic carbocycles. The molecule has 4 nitrogen and oxygen atoms in total. The predicted octanol–water partition coefficient (Wildman–Crippen LogP) is 3.17. The molecule has 0 radical (unpaired) electrons. The first-order chi connectivity index (χ1) is 9.70. The summed E-state index contributed by atoms with van der Waals surface area (Å²) in [4.78, 5) is 11.5. The first-order valence-electron chi connectivity index (χ1n) is 6.46. The van der Waals surface area contributed by atoms with Crippen LogP contribution in [-0.2, 0) is 16.0 Å². The normalized spacial score (nSPS) is 10.1. The molecule has 0 aliphatic heterocycles. The first-order valence-corrected chi connectivity index (χ1v) is 6.46. The average molecular weight is 271 g/mol. The van der Waals surface area contributed by atoms with Gasteiger partial charge in [-0.05, 0) is 30.7 Å². The van der Waals surface area contributed by atoms with Crippen molar-refractivity contribution in [1.82, 2.24) is 0 Å². The number of esters is 1. The molecule has 0 atom stereocenters. The van der Waals surface area contributed by atoms with Gasteiger partial charge in [-0.3, -0.25) is 4.79 Å². The number of carbonyl (C=O) groups excluding carboxylic acids is 1. The molecular formula is C16H17NO3. The van der Waals surface area contributed by atoms with Crippen LogP contribution >= 0.6 is 0 Å². The highest BCUT2D eigenvalue weighted by Crippen LogP contribution is 2.30. The number of hydrogen-bond acceptors (Lipinski definition) is 4. The topological polar surface area (TPSA) is 61.5 Å². The molecule has 4 heteroatoms. The van der Waals surface area contributed by atoms with Crippen LogP contribution in [0.5, 0.6) is 11.5 Å². The minimum Gasteiger partial charge on any atom is -0.466 e. The highest BCUT2D eigenvalue weighted by atomic mass is 16.5. The second-order valence-corrected chi connectivity index (χ2v) is 4.23. The van der Waals surface area contributed by atoms with Crippen molar-refractivity contribution in [3.63, 3.8) is 0 Å². The number of hydrogen-bond donors (Lipinski definition) is 1. The van der Waals surface area contributed by atoms with Crippen LogP contribution in [0.15, 0.2) is 48.5 Å². The second-order valence-electron chi connectivity index (χ2n) is 4.23. The molecule has 104 valence electrons. The van der Waals surface area contributed by atoms with Crippen molar-refractivity contribution in [2.24, 2.45) is 0 Å². The van der Waals surface area contributed by atoms with Gasteiger partial charge < -0.3 is 15.2 Å².